The molecule has 0 atom stereocenters. The molecule has 1 amide bonds. The van der Waals surface area contributed by atoms with Gasteiger partial charge in [0.25, 0.3) is 0 Å². The van der Waals surface area contributed by atoms with Gasteiger partial charge >= 0.3 is 0 Å². The number of rotatable bonds is 8. The topological polar surface area (TPSA) is 41.6 Å². The lowest BCUT2D eigenvalue weighted by Crippen LogP contribution is -2.28. The highest BCUT2D eigenvalue weighted by atomic mass is 35.5. The minimum Gasteiger partial charge on any atom is -0.492 e. The molecule has 0 heterocycles. The van der Waals surface area contributed by atoms with E-state index in [2.05, 4.69) is 5.32 Å². The molecule has 0 aliphatic heterocycles. The first-order valence-electron chi connectivity index (χ1n) is 7.76. The fourth-order valence-corrected chi connectivity index (χ4v) is 2.40. The van der Waals surface area contributed by atoms with Crippen molar-refractivity contribution >= 4 is 34.8 Å². The van der Waals surface area contributed by atoms with Crippen LogP contribution in [0, 0.1) is 5.82 Å². The van der Waals surface area contributed by atoms with Crippen molar-refractivity contribution in [3.63, 3.8) is 0 Å². The summed E-state index contributed by atoms with van der Waals surface area (Å²) in [6.45, 7) is 1.66. The molecule has 0 aliphatic carbocycles. The summed E-state index contributed by atoms with van der Waals surface area (Å²) in [5.41, 5.74) is 0.501. The monoisotopic (exact) mass is 384 g/mol. The molecule has 0 bridgehead atoms. The minimum atomic E-state index is -0.296. The molecule has 0 saturated heterocycles. The van der Waals surface area contributed by atoms with Crippen molar-refractivity contribution in [3.8, 4) is 5.75 Å². The molecule has 2 aromatic rings. The van der Waals surface area contributed by atoms with Gasteiger partial charge in [-0.3, -0.25) is 4.79 Å². The van der Waals surface area contributed by atoms with Gasteiger partial charge < -0.3 is 15.0 Å². The largest absolute Gasteiger partial charge is 0.492 e. The number of nitrogens with one attached hydrogen (secondary N) is 1. The first-order chi connectivity index (χ1) is 11.9. The number of anilines is 1. The maximum Gasteiger partial charge on any atom is 0.225 e. The van der Waals surface area contributed by atoms with Gasteiger partial charge in [-0.1, -0.05) is 23.2 Å². The van der Waals surface area contributed by atoms with Crippen LogP contribution in [0.2, 0.25) is 10.0 Å². The smallest absolute Gasteiger partial charge is 0.225 e. The molecule has 0 aromatic heterocycles. The number of carbonyl (C=O) groups is 1. The van der Waals surface area contributed by atoms with Gasteiger partial charge in [-0.15, -0.1) is 0 Å². The summed E-state index contributed by atoms with van der Waals surface area (Å²) in [7, 11) is 1.90. The molecule has 2 rings (SSSR count). The number of amides is 1. The number of ether oxygens (including phenoxy) is 1. The van der Waals surface area contributed by atoms with Crippen molar-refractivity contribution in [3.05, 3.63) is 58.3 Å². The van der Waals surface area contributed by atoms with Gasteiger partial charge in [0.05, 0.1) is 10.7 Å². The lowest BCUT2D eigenvalue weighted by Gasteiger charge is -2.17. The molecule has 1 N–H and O–H groups in total. The second-order valence-corrected chi connectivity index (χ2v) is 6.37. The average molecular weight is 385 g/mol. The molecular formula is C18H19Cl2FN2O2. The van der Waals surface area contributed by atoms with E-state index in [1.54, 1.807) is 30.3 Å². The van der Waals surface area contributed by atoms with E-state index < -0.39 is 0 Å². The molecular weight excluding hydrogens is 366 g/mol. The molecule has 4 nitrogen and oxygen atoms in total. The summed E-state index contributed by atoms with van der Waals surface area (Å²) in [4.78, 5) is 14.0. The molecule has 0 radical (unpaired) electrons. The predicted molar refractivity (Wildman–Crippen MR) is 99.1 cm³/mol. The number of carbonyl (C=O) groups excluding carboxylic acids is 1. The molecule has 0 aliphatic rings. The van der Waals surface area contributed by atoms with Crippen LogP contribution >= 0.6 is 23.2 Å². The van der Waals surface area contributed by atoms with Crippen molar-refractivity contribution in [2.45, 2.75) is 6.42 Å². The summed E-state index contributed by atoms with van der Waals surface area (Å²) in [6.07, 6.45) is 0.315. The van der Waals surface area contributed by atoms with Crippen LogP contribution in [-0.2, 0) is 4.79 Å². The maximum atomic E-state index is 12.8. The number of hydrogen-bond acceptors (Lipinski definition) is 3. The Balaban J connectivity index is 1.68. The Hall–Kier alpha value is -1.82. The van der Waals surface area contributed by atoms with E-state index in [0.717, 1.165) is 0 Å². The molecule has 134 valence electrons. The Labute approximate surface area is 156 Å². The first-order valence-corrected chi connectivity index (χ1v) is 8.51. The Morgan fingerprint density at radius 1 is 1.16 bits per heavy atom. The van der Waals surface area contributed by atoms with E-state index >= 15 is 0 Å². The van der Waals surface area contributed by atoms with Crippen LogP contribution in [-0.4, -0.2) is 37.6 Å². The summed E-state index contributed by atoms with van der Waals surface area (Å²) in [5, 5.41) is 3.70. The SMILES string of the molecule is CN(CCOc1ccc(F)cc1)CCC(=O)Nc1cc(Cl)ccc1Cl. The lowest BCUT2D eigenvalue weighted by atomic mass is 10.3. The lowest BCUT2D eigenvalue weighted by molar-refractivity contribution is -0.116. The van der Waals surface area contributed by atoms with Crippen LogP contribution in [0.5, 0.6) is 5.75 Å². The van der Waals surface area contributed by atoms with Crippen LogP contribution in [0.3, 0.4) is 0 Å². The number of benzene rings is 2. The third kappa shape index (κ3) is 6.90. The van der Waals surface area contributed by atoms with Crippen LogP contribution in [0.15, 0.2) is 42.5 Å². The normalized spacial score (nSPS) is 10.8. The second-order valence-electron chi connectivity index (χ2n) is 5.53. The minimum absolute atomic E-state index is 0.143. The zero-order chi connectivity index (χ0) is 18.2. The summed E-state index contributed by atoms with van der Waals surface area (Å²) in [6, 6.07) is 10.8. The predicted octanol–water partition coefficient (Wildman–Crippen LogP) is 4.47. The van der Waals surface area contributed by atoms with Crippen LogP contribution < -0.4 is 10.1 Å². The van der Waals surface area contributed by atoms with E-state index in [4.69, 9.17) is 27.9 Å². The zero-order valence-corrected chi connectivity index (χ0v) is 15.3. The Morgan fingerprint density at radius 2 is 1.88 bits per heavy atom. The third-order valence-electron chi connectivity index (χ3n) is 3.48. The van der Waals surface area contributed by atoms with Crippen molar-refractivity contribution in [2.75, 3.05) is 32.1 Å². The van der Waals surface area contributed by atoms with Gasteiger partial charge in [0.1, 0.15) is 18.2 Å². The molecule has 0 saturated carbocycles. The Morgan fingerprint density at radius 3 is 2.60 bits per heavy atom. The molecule has 0 spiro atoms. The third-order valence-corrected chi connectivity index (χ3v) is 4.04. The van der Waals surface area contributed by atoms with Crippen molar-refractivity contribution in [1.29, 1.82) is 0 Å². The summed E-state index contributed by atoms with van der Waals surface area (Å²) >= 11 is 11.9. The highest BCUT2D eigenvalue weighted by Gasteiger charge is 2.08. The molecule has 0 fully saturated rings. The summed E-state index contributed by atoms with van der Waals surface area (Å²) in [5.74, 6) is 0.175. The van der Waals surface area contributed by atoms with Gasteiger partial charge in [-0.05, 0) is 49.5 Å². The van der Waals surface area contributed by atoms with Crippen molar-refractivity contribution in [2.24, 2.45) is 0 Å². The van der Waals surface area contributed by atoms with Gasteiger partial charge in [-0.2, -0.15) is 0 Å². The molecule has 25 heavy (non-hydrogen) atoms. The van der Waals surface area contributed by atoms with Gasteiger partial charge in [0, 0.05) is 24.5 Å². The first kappa shape index (κ1) is 19.5. The average Bonchev–Trinajstić information content (AvgIpc) is 2.58. The van der Waals surface area contributed by atoms with Crippen LogP contribution in [0.1, 0.15) is 6.42 Å². The molecule has 7 heteroatoms. The zero-order valence-electron chi connectivity index (χ0n) is 13.8. The van der Waals surface area contributed by atoms with E-state index in [1.165, 1.54) is 12.1 Å². The second kappa shape index (κ2) is 9.61. The fourth-order valence-electron chi connectivity index (χ4n) is 2.06. The van der Waals surface area contributed by atoms with E-state index in [-0.39, 0.29) is 11.7 Å². The maximum absolute atomic E-state index is 12.8. The van der Waals surface area contributed by atoms with Crippen molar-refractivity contribution in [1.82, 2.24) is 4.90 Å². The Kier molecular flexibility index (Phi) is 7.50. The molecule has 2 aromatic carbocycles. The number of nitrogens with zero attached hydrogens (tertiary/aromatic N) is 1. The number of hydrogen-bond donors (Lipinski definition) is 1. The number of halogens is 3. The van der Waals surface area contributed by atoms with E-state index in [1.807, 2.05) is 11.9 Å². The highest BCUT2D eigenvalue weighted by Crippen LogP contribution is 2.25. The molecule has 0 unspecified atom stereocenters. The van der Waals surface area contributed by atoms with Crippen molar-refractivity contribution < 1.29 is 13.9 Å². The number of likely N-dealkylation sites (N-methyl/N-ethyl adjacent to an activating group) is 1. The van der Waals surface area contributed by atoms with E-state index in [9.17, 15) is 9.18 Å². The van der Waals surface area contributed by atoms with Crippen LogP contribution in [0.25, 0.3) is 0 Å². The van der Waals surface area contributed by atoms with Gasteiger partial charge in [-0.25, -0.2) is 4.39 Å². The van der Waals surface area contributed by atoms with Gasteiger partial charge in [0.15, 0.2) is 0 Å². The quantitative estimate of drug-likeness (QED) is 0.729. The highest BCUT2D eigenvalue weighted by molar-refractivity contribution is 6.35. The summed E-state index contributed by atoms with van der Waals surface area (Å²) < 4.78 is 18.3. The van der Waals surface area contributed by atoms with Gasteiger partial charge in [0.2, 0.25) is 5.91 Å². The standard InChI is InChI=1S/C18H19Cl2FN2O2/c1-23(10-11-25-15-5-3-14(21)4-6-15)9-8-18(24)22-17-12-13(19)2-7-16(17)20/h2-7,12H,8-11H2,1H3,(H,22,24). The van der Waals surface area contributed by atoms with E-state index in [0.29, 0.717) is 47.6 Å². The van der Waals surface area contributed by atoms with Crippen LogP contribution in [0.4, 0.5) is 10.1 Å². The Bertz CT molecular complexity index is 711. The fraction of sp³-hybridized carbons (Fsp3) is 0.278.